The van der Waals surface area contributed by atoms with Crippen LogP contribution in [0.25, 0.3) is 0 Å². The highest BCUT2D eigenvalue weighted by molar-refractivity contribution is 7.92. The van der Waals surface area contributed by atoms with Crippen molar-refractivity contribution < 1.29 is 18.0 Å². The van der Waals surface area contributed by atoms with Crippen LogP contribution in [-0.4, -0.2) is 44.3 Å². The van der Waals surface area contributed by atoms with E-state index >= 15 is 0 Å². The van der Waals surface area contributed by atoms with Crippen molar-refractivity contribution in [2.75, 3.05) is 17.4 Å². The van der Waals surface area contributed by atoms with Crippen LogP contribution in [0.3, 0.4) is 0 Å². The van der Waals surface area contributed by atoms with Gasteiger partial charge in [-0.25, -0.2) is 8.42 Å². The van der Waals surface area contributed by atoms with Gasteiger partial charge < -0.3 is 10.2 Å². The van der Waals surface area contributed by atoms with Gasteiger partial charge in [0.25, 0.3) is 10.0 Å². The highest BCUT2D eigenvalue weighted by atomic mass is 35.5. The second kappa shape index (κ2) is 12.9. The fourth-order valence-corrected chi connectivity index (χ4v) is 5.48. The number of aryl methyl sites for hydroxylation is 2. The molecule has 0 aromatic heterocycles. The lowest BCUT2D eigenvalue weighted by atomic mass is 10.1. The van der Waals surface area contributed by atoms with E-state index in [1.54, 1.807) is 67.6 Å². The molecule has 1 N–H and O–H groups in total. The molecule has 0 unspecified atom stereocenters. The third-order valence-electron chi connectivity index (χ3n) is 6.22. The summed E-state index contributed by atoms with van der Waals surface area (Å²) in [6, 6.07) is 19.6. The van der Waals surface area contributed by atoms with Gasteiger partial charge in [0.2, 0.25) is 11.8 Å². The maximum atomic E-state index is 13.9. The Bertz CT molecular complexity index is 1360. The zero-order valence-corrected chi connectivity index (χ0v) is 23.7. The number of benzene rings is 3. The molecule has 3 rings (SSSR count). The first-order chi connectivity index (χ1) is 18.0. The third kappa shape index (κ3) is 7.14. The zero-order chi connectivity index (χ0) is 27.9. The molecule has 0 aliphatic heterocycles. The number of hydrogen-bond acceptors (Lipinski definition) is 4. The summed E-state index contributed by atoms with van der Waals surface area (Å²) in [5.74, 6) is -0.851. The molecule has 0 bridgehead atoms. The van der Waals surface area contributed by atoms with E-state index < -0.39 is 28.5 Å². The number of halogens is 1. The van der Waals surface area contributed by atoms with Gasteiger partial charge in [-0.2, -0.15) is 0 Å². The number of sulfonamides is 1. The van der Waals surface area contributed by atoms with E-state index in [0.29, 0.717) is 22.8 Å². The SMILES string of the molecule is CCCNC(=O)[C@H](C)N(Cc1ccccc1Cl)C(=O)CN(c1ccc(C)cc1)S(=O)(=O)c1ccc(C)cc1. The van der Waals surface area contributed by atoms with E-state index in [9.17, 15) is 18.0 Å². The van der Waals surface area contributed by atoms with Gasteiger partial charge in [-0.1, -0.05) is 72.1 Å². The zero-order valence-electron chi connectivity index (χ0n) is 22.1. The molecule has 3 aromatic rings. The summed E-state index contributed by atoms with van der Waals surface area (Å²) < 4.78 is 28.7. The normalized spacial score (nSPS) is 12.0. The molecule has 9 heteroatoms. The van der Waals surface area contributed by atoms with Crippen molar-refractivity contribution >= 4 is 39.1 Å². The van der Waals surface area contributed by atoms with Crippen LogP contribution >= 0.6 is 11.6 Å². The van der Waals surface area contributed by atoms with Gasteiger partial charge in [0.1, 0.15) is 12.6 Å². The molecule has 38 heavy (non-hydrogen) atoms. The van der Waals surface area contributed by atoms with Gasteiger partial charge in [0.15, 0.2) is 0 Å². The summed E-state index contributed by atoms with van der Waals surface area (Å²) in [6.07, 6.45) is 0.743. The Labute approximate surface area is 230 Å². The number of carbonyl (C=O) groups excluding carboxylic acids is 2. The molecule has 0 aliphatic rings. The Hall–Kier alpha value is -3.36. The van der Waals surface area contributed by atoms with Crippen LogP contribution in [0.1, 0.15) is 37.0 Å². The molecule has 0 radical (unpaired) electrons. The van der Waals surface area contributed by atoms with Gasteiger partial charge in [-0.15, -0.1) is 0 Å². The molecule has 0 spiro atoms. The average molecular weight is 556 g/mol. The van der Waals surface area contributed by atoms with Crippen LogP contribution in [0.4, 0.5) is 5.69 Å². The van der Waals surface area contributed by atoms with E-state index in [-0.39, 0.29) is 17.3 Å². The van der Waals surface area contributed by atoms with Gasteiger partial charge in [0.05, 0.1) is 10.6 Å². The summed E-state index contributed by atoms with van der Waals surface area (Å²) in [5, 5.41) is 3.28. The van der Waals surface area contributed by atoms with Crippen molar-refractivity contribution in [3.63, 3.8) is 0 Å². The lowest BCUT2D eigenvalue weighted by Crippen LogP contribution is -2.51. The minimum Gasteiger partial charge on any atom is -0.354 e. The molecule has 0 saturated carbocycles. The fraction of sp³-hybridized carbons (Fsp3) is 0.310. The third-order valence-corrected chi connectivity index (χ3v) is 8.38. The molecular weight excluding hydrogens is 522 g/mol. The van der Waals surface area contributed by atoms with Crippen LogP contribution in [-0.2, 0) is 26.2 Å². The number of anilines is 1. The van der Waals surface area contributed by atoms with Crippen LogP contribution in [0.2, 0.25) is 5.02 Å². The first kappa shape index (κ1) is 29.2. The van der Waals surface area contributed by atoms with Crippen LogP contribution < -0.4 is 9.62 Å². The Balaban J connectivity index is 2.02. The predicted molar refractivity (Wildman–Crippen MR) is 152 cm³/mol. The van der Waals surface area contributed by atoms with Crippen molar-refractivity contribution in [1.82, 2.24) is 10.2 Å². The number of rotatable bonds is 11. The number of nitrogens with zero attached hydrogens (tertiary/aromatic N) is 2. The molecular formula is C29H34ClN3O4S. The fourth-order valence-electron chi connectivity index (χ4n) is 3.87. The van der Waals surface area contributed by atoms with Crippen LogP contribution in [0.5, 0.6) is 0 Å². The Kier molecular flexibility index (Phi) is 9.94. The molecule has 0 saturated heterocycles. The van der Waals surface area contributed by atoms with Crippen molar-refractivity contribution in [1.29, 1.82) is 0 Å². The summed E-state index contributed by atoms with van der Waals surface area (Å²) in [7, 11) is -4.09. The number of carbonyl (C=O) groups is 2. The Morgan fingerprint density at radius 2 is 1.50 bits per heavy atom. The molecule has 0 heterocycles. The minimum atomic E-state index is -4.09. The van der Waals surface area contributed by atoms with Crippen molar-refractivity contribution in [2.24, 2.45) is 0 Å². The van der Waals surface area contributed by atoms with Gasteiger partial charge >= 0.3 is 0 Å². The first-order valence-electron chi connectivity index (χ1n) is 12.5. The number of amides is 2. The lowest BCUT2D eigenvalue weighted by Gasteiger charge is -2.32. The van der Waals surface area contributed by atoms with Crippen molar-refractivity contribution in [3.8, 4) is 0 Å². The molecule has 0 aliphatic carbocycles. The maximum absolute atomic E-state index is 13.9. The smallest absolute Gasteiger partial charge is 0.264 e. The number of nitrogens with one attached hydrogen (secondary N) is 1. The van der Waals surface area contributed by atoms with Gasteiger partial charge in [0, 0.05) is 18.1 Å². The first-order valence-corrected chi connectivity index (χ1v) is 14.3. The summed E-state index contributed by atoms with van der Waals surface area (Å²) >= 11 is 6.38. The summed E-state index contributed by atoms with van der Waals surface area (Å²) in [5.41, 5.74) is 2.88. The van der Waals surface area contributed by atoms with Crippen molar-refractivity contribution in [2.45, 2.75) is 51.6 Å². The van der Waals surface area contributed by atoms with Gasteiger partial charge in [-0.3, -0.25) is 13.9 Å². The summed E-state index contributed by atoms with van der Waals surface area (Å²) in [4.78, 5) is 28.2. The second-order valence-corrected chi connectivity index (χ2v) is 11.5. The molecule has 3 aromatic carbocycles. The highest BCUT2D eigenvalue weighted by Crippen LogP contribution is 2.26. The van der Waals surface area contributed by atoms with E-state index in [0.717, 1.165) is 21.9 Å². The standard InChI is InChI=1S/C29H34ClN3O4S/c1-5-18-31-29(35)23(4)32(19-24-8-6-7-9-27(24)30)28(34)20-33(25-14-10-21(2)11-15-25)38(36,37)26-16-12-22(3)13-17-26/h6-17,23H,5,18-20H2,1-4H3,(H,31,35)/t23-/m0/s1. The van der Waals surface area contributed by atoms with E-state index in [2.05, 4.69) is 5.32 Å². The van der Waals surface area contributed by atoms with Crippen LogP contribution in [0, 0.1) is 13.8 Å². The predicted octanol–water partition coefficient (Wildman–Crippen LogP) is 5.10. The van der Waals surface area contributed by atoms with Crippen LogP contribution in [0.15, 0.2) is 77.7 Å². The van der Waals surface area contributed by atoms with Crippen molar-refractivity contribution in [3.05, 3.63) is 94.5 Å². The highest BCUT2D eigenvalue weighted by Gasteiger charge is 2.32. The maximum Gasteiger partial charge on any atom is 0.264 e. The molecule has 1 atom stereocenters. The summed E-state index contributed by atoms with van der Waals surface area (Å²) in [6.45, 7) is 7.36. The quantitative estimate of drug-likeness (QED) is 0.357. The molecule has 202 valence electrons. The molecule has 0 fully saturated rings. The topological polar surface area (TPSA) is 86.8 Å². The average Bonchev–Trinajstić information content (AvgIpc) is 2.90. The second-order valence-electron chi connectivity index (χ2n) is 9.24. The monoisotopic (exact) mass is 555 g/mol. The van der Waals surface area contributed by atoms with E-state index in [1.807, 2.05) is 20.8 Å². The minimum absolute atomic E-state index is 0.0472. The number of hydrogen-bond donors (Lipinski definition) is 1. The Morgan fingerprint density at radius 3 is 2.08 bits per heavy atom. The lowest BCUT2D eigenvalue weighted by molar-refractivity contribution is -0.139. The van der Waals surface area contributed by atoms with Gasteiger partial charge in [-0.05, 0) is 63.1 Å². The Morgan fingerprint density at radius 1 is 0.921 bits per heavy atom. The molecule has 7 nitrogen and oxygen atoms in total. The largest absolute Gasteiger partial charge is 0.354 e. The molecule has 2 amide bonds. The van der Waals surface area contributed by atoms with E-state index in [1.165, 1.54) is 17.0 Å². The van der Waals surface area contributed by atoms with E-state index in [4.69, 9.17) is 11.6 Å².